The monoisotopic (exact) mass is 1290 g/mol. The SMILES string of the molecule is Cc1ncsc1-c1ccc(CNC(=O)[C@@H]2C[C@@H](O)CN2C(=O)[C@@H](NC(=O)C2(F)CC2)C(C)(C)C)c(OCCNC(=O)CCN2C[C@H]3CC(N(C)CCNc4cc(N5CCC6(CC5)CN(c5cc(F)c(CN7CCC(C)(C)CC7)cc5F)CC(=O)N6)ncn4)C[C@H]3C2)c1. The molecule has 0 bridgehead atoms. The van der Waals surface area contributed by atoms with E-state index in [0.717, 1.165) is 86.2 Å². The van der Waals surface area contributed by atoms with Gasteiger partial charge < -0.3 is 60.9 Å². The summed E-state index contributed by atoms with van der Waals surface area (Å²) in [5.41, 5.74) is 1.53. The molecule has 92 heavy (non-hydrogen) atoms. The molecule has 1 unspecified atom stereocenters. The molecule has 6 N–H and O–H groups in total. The number of hydrogen-bond donors (Lipinski definition) is 6. The van der Waals surface area contributed by atoms with Crippen molar-refractivity contribution in [1.82, 2.24) is 55.8 Å². The van der Waals surface area contributed by atoms with E-state index in [1.165, 1.54) is 28.4 Å². The van der Waals surface area contributed by atoms with Gasteiger partial charge in [0.2, 0.25) is 23.6 Å². The Bertz CT molecular complexity index is 3310. The summed E-state index contributed by atoms with van der Waals surface area (Å²) in [7, 11) is 2.19. The molecule has 2 aromatic heterocycles. The second-order valence-electron chi connectivity index (χ2n) is 29.0. The summed E-state index contributed by atoms with van der Waals surface area (Å²) in [6.07, 6.45) is 6.62. The van der Waals surface area contributed by atoms with Gasteiger partial charge >= 0.3 is 0 Å². The van der Waals surface area contributed by atoms with E-state index in [0.29, 0.717) is 93.3 Å². The van der Waals surface area contributed by atoms with Crippen molar-refractivity contribution in [3.63, 3.8) is 0 Å². The molecule has 11 rings (SSSR count). The number of aromatic nitrogens is 3. The van der Waals surface area contributed by atoms with Gasteiger partial charge in [0.25, 0.3) is 5.91 Å². The van der Waals surface area contributed by atoms with Gasteiger partial charge in [-0.3, -0.25) is 28.9 Å². The van der Waals surface area contributed by atoms with Crippen molar-refractivity contribution >= 4 is 58.2 Å². The molecule has 5 aliphatic heterocycles. The second kappa shape index (κ2) is 27.7. The zero-order valence-corrected chi connectivity index (χ0v) is 55.2. The maximum atomic E-state index is 15.8. The average Bonchev–Trinajstić information content (AvgIpc) is 0.843. The van der Waals surface area contributed by atoms with Gasteiger partial charge in [-0.25, -0.2) is 28.1 Å². The molecule has 4 aromatic rings. The number of aliphatic hydroxyl groups excluding tert-OH is 1. The van der Waals surface area contributed by atoms with Crippen LogP contribution in [-0.2, 0) is 37.1 Å². The summed E-state index contributed by atoms with van der Waals surface area (Å²) in [5, 5.41) is 26.0. The topological polar surface area (TPSA) is 233 Å². The third kappa shape index (κ3) is 15.9. The van der Waals surface area contributed by atoms with E-state index in [9.17, 15) is 33.5 Å². The number of aliphatic hydroxyl groups is 1. The Hall–Kier alpha value is -6.67. The Labute approximate surface area is 542 Å². The van der Waals surface area contributed by atoms with Crippen molar-refractivity contribution in [3.8, 4) is 16.2 Å². The number of fused-ring (bicyclic) bond motifs is 1. The minimum Gasteiger partial charge on any atom is -0.491 e. The number of nitrogens with zero attached hydrogens (tertiary/aromatic N) is 9. The van der Waals surface area contributed by atoms with Gasteiger partial charge in [-0.1, -0.05) is 46.8 Å². The van der Waals surface area contributed by atoms with Crippen molar-refractivity contribution in [2.75, 3.05) is 114 Å². The number of anilines is 3. The molecule has 5 amide bonds. The molecule has 7 aliphatic rings. The zero-order chi connectivity index (χ0) is 65.3. The van der Waals surface area contributed by atoms with Gasteiger partial charge in [0.15, 0.2) is 5.67 Å². The summed E-state index contributed by atoms with van der Waals surface area (Å²) in [6.45, 7) is 19.8. The fourth-order valence-corrected chi connectivity index (χ4v) is 15.2. The van der Waals surface area contributed by atoms with E-state index in [-0.39, 0.29) is 75.0 Å². The molecule has 6 atom stereocenters. The van der Waals surface area contributed by atoms with Gasteiger partial charge in [0.1, 0.15) is 54.0 Å². The Balaban J connectivity index is 0.590. The Morgan fingerprint density at radius 2 is 1.61 bits per heavy atom. The fourth-order valence-electron chi connectivity index (χ4n) is 14.4. The maximum Gasteiger partial charge on any atom is 0.258 e. The molecule has 2 aliphatic carbocycles. The number of thiazole rings is 1. The number of β-amino-alcohol motifs (C(OH)–C–C–N with tert-alkyl or cyclic N) is 1. The van der Waals surface area contributed by atoms with Crippen LogP contribution in [0.25, 0.3) is 10.4 Å². The van der Waals surface area contributed by atoms with E-state index in [2.05, 4.69) is 82.0 Å². The summed E-state index contributed by atoms with van der Waals surface area (Å²) in [6, 6.07) is 8.56. The number of likely N-dealkylation sites (tertiary alicyclic amines) is 3. The van der Waals surface area contributed by atoms with Gasteiger partial charge in [-0.15, -0.1) is 11.3 Å². The number of rotatable bonds is 23. The Kier molecular flexibility index (Phi) is 20.1. The lowest BCUT2D eigenvalue weighted by Gasteiger charge is -2.48. The van der Waals surface area contributed by atoms with Crippen LogP contribution in [0.2, 0.25) is 0 Å². The number of hydrogen-bond acceptors (Lipinski definition) is 17. The molecular formula is C67H93F3N14O7S. The smallest absolute Gasteiger partial charge is 0.258 e. The Morgan fingerprint density at radius 1 is 0.870 bits per heavy atom. The van der Waals surface area contributed by atoms with Crippen molar-refractivity contribution in [3.05, 3.63) is 76.7 Å². The lowest BCUT2D eigenvalue weighted by atomic mass is 9.82. The van der Waals surface area contributed by atoms with Crippen LogP contribution >= 0.6 is 11.3 Å². The number of halogens is 3. The highest BCUT2D eigenvalue weighted by Gasteiger charge is 2.54. The molecule has 7 heterocycles. The third-order valence-electron chi connectivity index (χ3n) is 20.4. The minimum absolute atomic E-state index is 0.00121. The van der Waals surface area contributed by atoms with Gasteiger partial charge in [-0.2, -0.15) is 0 Å². The van der Waals surface area contributed by atoms with Crippen molar-refractivity contribution in [1.29, 1.82) is 0 Å². The quantitative estimate of drug-likeness (QED) is 0.0465. The number of aryl methyl sites for hydroxylation is 1. The summed E-state index contributed by atoms with van der Waals surface area (Å²) < 4.78 is 52.4. The molecule has 1 spiro atoms. The predicted molar refractivity (Wildman–Crippen MR) is 347 cm³/mol. The number of nitrogens with one attached hydrogen (secondary N) is 5. The first kappa shape index (κ1) is 66.8. The van der Waals surface area contributed by atoms with Crippen LogP contribution < -0.4 is 41.1 Å². The molecule has 2 saturated carbocycles. The highest BCUT2D eigenvalue weighted by Crippen LogP contribution is 2.42. The van der Waals surface area contributed by atoms with Crippen LogP contribution in [-0.4, -0.2) is 203 Å². The van der Waals surface area contributed by atoms with Gasteiger partial charge in [-0.05, 0) is 119 Å². The lowest BCUT2D eigenvalue weighted by Crippen LogP contribution is -2.66. The Morgan fingerprint density at radius 3 is 2.30 bits per heavy atom. The fraction of sp³-hybridized carbons (Fsp3) is 0.642. The summed E-state index contributed by atoms with van der Waals surface area (Å²) >= 11 is 1.50. The van der Waals surface area contributed by atoms with Gasteiger partial charge in [0, 0.05) is 114 Å². The lowest BCUT2D eigenvalue weighted by molar-refractivity contribution is -0.145. The van der Waals surface area contributed by atoms with Crippen molar-refractivity contribution in [2.24, 2.45) is 22.7 Å². The number of amides is 5. The van der Waals surface area contributed by atoms with Crippen LogP contribution in [0.3, 0.4) is 0 Å². The zero-order valence-electron chi connectivity index (χ0n) is 54.4. The van der Waals surface area contributed by atoms with Gasteiger partial charge in [0.05, 0.1) is 46.5 Å². The van der Waals surface area contributed by atoms with E-state index < -0.39 is 64.2 Å². The first-order valence-corrected chi connectivity index (χ1v) is 33.9. The molecule has 25 heteroatoms. The summed E-state index contributed by atoms with van der Waals surface area (Å²) in [4.78, 5) is 93.8. The number of alkyl halides is 1. The minimum atomic E-state index is -1.99. The number of piperidine rings is 2. The molecule has 5 saturated heterocycles. The van der Waals surface area contributed by atoms with Crippen LogP contribution in [0, 0.1) is 41.2 Å². The predicted octanol–water partition coefficient (Wildman–Crippen LogP) is 6.03. The number of carbonyl (C=O) groups excluding carboxylic acids is 5. The molecule has 0 radical (unpaired) electrons. The second-order valence-corrected chi connectivity index (χ2v) is 29.8. The van der Waals surface area contributed by atoms with Crippen LogP contribution in [0.15, 0.2) is 48.2 Å². The average molecular weight is 1300 g/mol. The highest BCUT2D eigenvalue weighted by molar-refractivity contribution is 7.13. The standard InChI is InChI=1S/C67H93F3N14O7S/c1-42-59(92-41-76-42)43-8-9-44(33-73-61(88)53-30-49(85)37-84(53)62(89)60(64(2,3)4)77-63(90)67(70)11-12-67)54(29-43)91-25-18-72-57(86)10-19-81-34-45-26-48(27-46(45)35-81)79(7)24-17-71-55-32-56(75-40-74-55)82-22-15-66(16-23-82)39-83(38-58(87)78-66)52-31-50(68)47(28-51(52)69)36-80-20-13-65(5,6)14-21-80/h8-9,28-29,31-32,40-41,45-46,48-49,53,60,85H,10-27,30,33-39H2,1-7H3,(H,72,86)(H,73,88)(H,77,90)(H,78,87)(H,71,74,75)/t45-,46+,48?,49-,53+,60-/m1/s1. The number of piperazine rings is 1. The molecule has 500 valence electrons. The van der Waals surface area contributed by atoms with E-state index in [4.69, 9.17) is 4.74 Å². The highest BCUT2D eigenvalue weighted by atomic mass is 32.1. The maximum absolute atomic E-state index is 15.8. The molecule has 7 fully saturated rings. The normalized spacial score (nSPS) is 23.9. The van der Waals surface area contributed by atoms with Crippen LogP contribution in [0.5, 0.6) is 5.75 Å². The third-order valence-corrected chi connectivity index (χ3v) is 21.4. The van der Waals surface area contributed by atoms with Crippen molar-refractivity contribution < 1.29 is 47.0 Å². The largest absolute Gasteiger partial charge is 0.491 e. The van der Waals surface area contributed by atoms with Crippen LogP contribution in [0.4, 0.5) is 30.5 Å². The molecular weight excluding hydrogens is 1200 g/mol. The van der Waals surface area contributed by atoms with Crippen LogP contribution in [0.1, 0.15) is 116 Å². The number of ether oxygens (including phenoxy) is 1. The summed E-state index contributed by atoms with van der Waals surface area (Å²) in [5.74, 6) is 0.0560. The first-order chi connectivity index (χ1) is 43.8. The number of benzene rings is 2. The number of carbonyl (C=O) groups is 5. The van der Waals surface area contributed by atoms with E-state index in [1.54, 1.807) is 37.5 Å². The van der Waals surface area contributed by atoms with Crippen molar-refractivity contribution in [2.45, 2.75) is 154 Å². The number of likely N-dealkylation sites (N-methyl/N-ethyl adjacent to an activating group) is 1. The molecule has 2 aromatic carbocycles. The molecule has 21 nitrogen and oxygen atoms in total. The van der Waals surface area contributed by atoms with E-state index in [1.807, 2.05) is 31.2 Å². The first-order valence-electron chi connectivity index (χ1n) is 33.0. The van der Waals surface area contributed by atoms with E-state index >= 15 is 8.78 Å².